The first kappa shape index (κ1) is 81.0. The van der Waals surface area contributed by atoms with Crippen LogP contribution in [0.4, 0.5) is 30.3 Å². The number of halogens is 6. The molecule has 3 atom stereocenters. The summed E-state index contributed by atoms with van der Waals surface area (Å²) < 4.78 is 62.7. The van der Waals surface area contributed by atoms with Gasteiger partial charge in [-0.3, -0.25) is 15.0 Å². The molecule has 29 nitrogen and oxygen atoms in total. The van der Waals surface area contributed by atoms with Crippen LogP contribution in [0.1, 0.15) is 131 Å². The highest BCUT2D eigenvalue weighted by molar-refractivity contribution is 7.17. The average Bonchev–Trinajstić information content (AvgIpc) is 1.18. The van der Waals surface area contributed by atoms with Crippen LogP contribution in [-0.4, -0.2) is 164 Å². The predicted octanol–water partition coefficient (Wildman–Crippen LogP) is 13.1. The number of carbonyl (C=O) groups excluding carboxylic acids is 3. The smallest absolute Gasteiger partial charge is 0.357 e. The zero-order valence-corrected chi connectivity index (χ0v) is 66.2. The van der Waals surface area contributed by atoms with Gasteiger partial charge < -0.3 is 64.6 Å². The molecule has 0 saturated carbocycles. The number of piperidine rings is 3. The summed E-state index contributed by atoms with van der Waals surface area (Å²) in [5, 5.41) is 46.3. The van der Waals surface area contributed by atoms with E-state index in [1.54, 1.807) is 32.4 Å². The number of nitrogens with zero attached hydrogens (tertiary/aromatic N) is 13. The standard InChI is InChI=1S/C27H26ClFN6O4S.C24H21ClFN5O5S.C24H21ClFN5O4S2/c1-3-39-26(38)19-21(15-6-9-35(10-7-15)27-31-13-14(2)20(34-27)25(36)37)32-23(24-30-8-11-40-24)33-22(19)17-5-4-16(29)12-18(17)28;1-35-23(34)17-18(12-4-7-31(8-5-12)24-28-16(11-36-24)22(32)33)29-20(21-27-6-9-37-21)30-19(17)14-3-2-13(26)10-15(14)25;1-35-23(34)17-18(12-4-7-31(8-5-12)24-28-11-16(37-24)22(32)33)29-20(21-27-6-9-36-21)30-19(17)14-3-2-13(26)10-15(14)25/h4-5,8,11-13,15,22H,3,6-7,9-10H2,1-2H3,(H,32,33)(H,36,37);2*2-3,6,9-12,19H,4-5,7-8H2,1H3,(H,29,30)(H,32,33). The zero-order chi connectivity index (χ0) is 80.6. The van der Waals surface area contributed by atoms with Gasteiger partial charge in [0.1, 0.15) is 46.7 Å². The molecule has 12 heterocycles. The Morgan fingerprint density at radius 1 is 0.535 bits per heavy atom. The molecule has 114 heavy (non-hydrogen) atoms. The van der Waals surface area contributed by atoms with Crippen molar-refractivity contribution in [2.75, 3.05) is 74.8 Å². The zero-order valence-electron chi connectivity index (χ0n) is 60.7. The van der Waals surface area contributed by atoms with E-state index in [4.69, 9.17) is 73.5 Å². The van der Waals surface area contributed by atoms with Gasteiger partial charge >= 0.3 is 35.8 Å². The number of anilines is 3. The van der Waals surface area contributed by atoms with Gasteiger partial charge in [-0.15, -0.1) is 34.0 Å². The molecule has 39 heteroatoms. The van der Waals surface area contributed by atoms with Crippen molar-refractivity contribution in [2.24, 2.45) is 32.7 Å². The topological polar surface area (TPSA) is 377 Å². The molecule has 3 fully saturated rings. The number of nitrogens with one attached hydrogen (secondary N) is 3. The summed E-state index contributed by atoms with van der Waals surface area (Å²) in [7, 11) is 2.60. The fraction of sp³-hybridized carbons (Fsp3) is 0.307. The van der Waals surface area contributed by atoms with Crippen LogP contribution in [0.2, 0.25) is 15.1 Å². The Bertz CT molecular complexity index is 5120. The molecule has 3 unspecified atom stereocenters. The number of ether oxygens (including phenoxy) is 3. The fourth-order valence-corrected chi connectivity index (χ4v) is 17.2. The fourth-order valence-electron chi connectivity index (χ4n) is 13.9. The monoisotopic (exact) mass is 1690 g/mol. The lowest BCUT2D eigenvalue weighted by Gasteiger charge is -2.36. The number of carbonyl (C=O) groups is 6. The minimum atomic E-state index is -1.16. The first-order chi connectivity index (χ1) is 55.0. The number of aromatic carboxylic acids is 3. The largest absolute Gasteiger partial charge is 0.477 e. The summed E-state index contributed by atoms with van der Waals surface area (Å²) in [6.45, 7) is 6.85. The number of hydrogen-bond donors (Lipinski definition) is 6. The molecule has 9 aromatic rings. The van der Waals surface area contributed by atoms with Gasteiger partial charge in [-0.2, -0.15) is 4.98 Å². The van der Waals surface area contributed by atoms with E-state index in [0.29, 0.717) is 177 Å². The molecule has 0 spiro atoms. The van der Waals surface area contributed by atoms with Gasteiger partial charge in [-0.1, -0.05) is 64.3 Å². The number of aliphatic imine (C=N–C) groups is 3. The van der Waals surface area contributed by atoms with Crippen molar-refractivity contribution in [3.05, 3.63) is 228 Å². The molecule has 6 aliphatic heterocycles. The second-order valence-corrected chi connectivity index (χ2v) is 31.0. The molecule has 0 radical (unpaired) electrons. The predicted molar refractivity (Wildman–Crippen MR) is 421 cm³/mol. The minimum Gasteiger partial charge on any atom is -0.477 e. The maximum absolute atomic E-state index is 13.9. The second-order valence-electron chi connectivity index (χ2n) is 26.1. The van der Waals surface area contributed by atoms with Crippen LogP contribution in [0.25, 0.3) is 0 Å². The Labute approximate surface area is 678 Å². The van der Waals surface area contributed by atoms with Crippen LogP contribution in [0, 0.1) is 42.1 Å². The Morgan fingerprint density at radius 3 is 1.30 bits per heavy atom. The molecule has 0 aliphatic carbocycles. The van der Waals surface area contributed by atoms with Gasteiger partial charge in [0.05, 0.1) is 43.7 Å². The van der Waals surface area contributed by atoms with Gasteiger partial charge in [0, 0.05) is 152 Å². The highest BCUT2D eigenvalue weighted by atomic mass is 35.5. The number of aromatic nitrogens is 7. The Hall–Kier alpha value is -11.0. The van der Waals surface area contributed by atoms with E-state index >= 15 is 0 Å². The number of allylic oxidation sites excluding steroid dienone is 3. The summed E-state index contributed by atoms with van der Waals surface area (Å²) in [5.74, 6) is -4.88. The second kappa shape index (κ2) is 36.0. The third-order valence-electron chi connectivity index (χ3n) is 19.3. The summed E-state index contributed by atoms with van der Waals surface area (Å²) in [6, 6.07) is 9.76. The van der Waals surface area contributed by atoms with Crippen LogP contribution in [-0.2, 0) is 28.6 Å². The molecule has 3 aromatic carbocycles. The summed E-state index contributed by atoms with van der Waals surface area (Å²) in [4.78, 5) is 124. The molecular weight excluding hydrogens is 1620 g/mol. The average molecular weight is 1690 g/mol. The summed E-state index contributed by atoms with van der Waals surface area (Å²) >= 11 is 24.6. The lowest BCUT2D eigenvalue weighted by atomic mass is 9.85. The van der Waals surface area contributed by atoms with Crippen molar-refractivity contribution in [1.29, 1.82) is 0 Å². The molecule has 0 bridgehead atoms. The van der Waals surface area contributed by atoms with E-state index in [0.717, 1.165) is 17.6 Å². The maximum Gasteiger partial charge on any atom is 0.357 e. The van der Waals surface area contributed by atoms with E-state index in [1.165, 1.54) is 115 Å². The highest BCUT2D eigenvalue weighted by Crippen LogP contribution is 2.45. The van der Waals surface area contributed by atoms with Gasteiger partial charge in [0.15, 0.2) is 49.0 Å². The number of methoxy groups -OCH3 is 2. The lowest BCUT2D eigenvalue weighted by molar-refractivity contribution is -0.139. The number of hydrogen-bond acceptors (Lipinski definition) is 30. The van der Waals surface area contributed by atoms with Crippen LogP contribution in [0.3, 0.4) is 0 Å². The van der Waals surface area contributed by atoms with E-state index < -0.39 is 71.4 Å². The molecule has 6 N–H and O–H groups in total. The van der Waals surface area contributed by atoms with Gasteiger partial charge in [-0.05, 0) is 88.8 Å². The number of benzene rings is 3. The number of amidine groups is 3. The van der Waals surface area contributed by atoms with Crippen LogP contribution in [0.5, 0.6) is 0 Å². The van der Waals surface area contributed by atoms with Gasteiger partial charge in [0.25, 0.3) is 6.01 Å². The Balaban J connectivity index is 0.000000149. The van der Waals surface area contributed by atoms with E-state index in [9.17, 15) is 52.2 Å². The van der Waals surface area contributed by atoms with Crippen molar-refractivity contribution in [3.8, 4) is 0 Å². The van der Waals surface area contributed by atoms with Crippen molar-refractivity contribution >= 4 is 151 Å². The molecule has 6 aromatic heterocycles. The number of oxazole rings is 1. The number of rotatable bonds is 19. The first-order valence-corrected chi connectivity index (χ1v) is 39.9. The van der Waals surface area contributed by atoms with Gasteiger partial charge in [-0.25, -0.2) is 71.8 Å². The molecule has 6 aliphatic rings. The number of carboxylic acid groups (broad SMARTS) is 3. The van der Waals surface area contributed by atoms with Crippen molar-refractivity contribution in [2.45, 2.75) is 70.5 Å². The van der Waals surface area contributed by atoms with E-state index in [2.05, 4.69) is 50.8 Å². The highest BCUT2D eigenvalue weighted by Gasteiger charge is 2.42. The first-order valence-electron chi connectivity index (χ1n) is 35.3. The van der Waals surface area contributed by atoms with Crippen molar-refractivity contribution in [1.82, 2.24) is 50.8 Å². The van der Waals surface area contributed by atoms with Crippen LogP contribution in [0.15, 0.2) is 161 Å². The molecule has 3 saturated heterocycles. The van der Waals surface area contributed by atoms with Crippen molar-refractivity contribution in [3.63, 3.8) is 0 Å². The van der Waals surface area contributed by atoms with Crippen LogP contribution >= 0.6 is 80.1 Å². The Kier molecular flexibility index (Phi) is 25.6. The lowest BCUT2D eigenvalue weighted by Crippen LogP contribution is -2.42. The minimum absolute atomic E-state index is 0.0308. The molecule has 15 rings (SSSR count). The Morgan fingerprint density at radius 2 is 0.947 bits per heavy atom. The summed E-state index contributed by atoms with van der Waals surface area (Å²) in [6.07, 6.45) is 12.7. The molecule has 0 amide bonds. The quantitative estimate of drug-likeness (QED) is 0.0323. The number of carboxylic acids is 3. The number of esters is 3. The van der Waals surface area contributed by atoms with Gasteiger partial charge in [0.2, 0.25) is 5.95 Å². The SMILES string of the molecule is CCOC(=O)C1=C(C2CCN(c3ncc(C)c(C(=O)O)n3)CC2)NC(c2nccs2)=NC1c1ccc(F)cc1Cl.COC(=O)C1=C(C2CCN(c3nc(C(=O)O)co3)CC2)NC(c2nccs2)=NC1c1ccc(F)cc1Cl.COC(=O)C1=C(C2CCN(c3ncc(C(=O)O)s3)CC2)NC(c2nccs2)=NC1c1ccc(F)cc1Cl. The maximum atomic E-state index is 13.9. The van der Waals surface area contributed by atoms with E-state index in [1.807, 2.05) is 30.8 Å². The third-order valence-corrected chi connectivity index (χ3v) is 23.7. The number of aryl methyl sites for hydroxylation is 1. The van der Waals surface area contributed by atoms with E-state index in [-0.39, 0.29) is 61.7 Å². The number of thiazole rings is 4. The molecular formula is C75H68Cl3F3N16O13S4. The molecule has 592 valence electrons. The summed E-state index contributed by atoms with van der Waals surface area (Å²) in [5.41, 5.74) is 4.60. The normalized spacial score (nSPS) is 18.2. The van der Waals surface area contributed by atoms with Crippen LogP contribution < -0.4 is 30.7 Å². The van der Waals surface area contributed by atoms with Crippen molar-refractivity contribution < 1.29 is 75.9 Å². The third kappa shape index (κ3) is 18.0.